The van der Waals surface area contributed by atoms with Crippen molar-refractivity contribution in [3.8, 4) is 0 Å². The third kappa shape index (κ3) is 5.06. The van der Waals surface area contributed by atoms with Crippen LogP contribution in [0.1, 0.15) is 31.7 Å². The number of carbonyl (C=O) groups excluding carboxylic acids is 1. The third-order valence-corrected chi connectivity index (χ3v) is 4.13. The maximum absolute atomic E-state index is 12.2. The number of carbonyl (C=O) groups is 1. The van der Waals surface area contributed by atoms with Gasteiger partial charge in [-0.05, 0) is 31.2 Å². The van der Waals surface area contributed by atoms with E-state index in [1.54, 1.807) is 4.90 Å². The van der Waals surface area contributed by atoms with Crippen LogP contribution in [0.5, 0.6) is 0 Å². The molecule has 0 radical (unpaired) electrons. The van der Waals surface area contributed by atoms with Crippen molar-refractivity contribution in [1.29, 1.82) is 0 Å². The summed E-state index contributed by atoms with van der Waals surface area (Å²) in [5, 5.41) is 3.10. The lowest BCUT2D eigenvalue weighted by Crippen LogP contribution is -2.38. The first-order valence-electron chi connectivity index (χ1n) is 8.04. The van der Waals surface area contributed by atoms with Gasteiger partial charge in [0, 0.05) is 19.6 Å². The zero-order valence-electron chi connectivity index (χ0n) is 13.3. The van der Waals surface area contributed by atoms with Gasteiger partial charge in [0.05, 0.1) is 0 Å². The molecule has 120 valence electrons. The number of likely N-dealkylation sites (N-methyl/N-ethyl adjacent to an activating group) is 1. The van der Waals surface area contributed by atoms with Crippen molar-refractivity contribution in [3.05, 3.63) is 35.9 Å². The highest BCUT2D eigenvalue weighted by Gasteiger charge is 2.17. The predicted octanol–water partition coefficient (Wildman–Crippen LogP) is 1.74. The second-order valence-corrected chi connectivity index (χ2v) is 5.77. The van der Waals surface area contributed by atoms with E-state index in [1.165, 1.54) is 19.3 Å². The maximum atomic E-state index is 12.2. The first-order chi connectivity index (χ1) is 10.7. The van der Waals surface area contributed by atoms with E-state index in [4.69, 9.17) is 5.73 Å². The van der Waals surface area contributed by atoms with Crippen LogP contribution in [0.2, 0.25) is 0 Å². The number of rotatable bonds is 7. The van der Waals surface area contributed by atoms with Gasteiger partial charge in [0.15, 0.2) is 5.96 Å². The van der Waals surface area contributed by atoms with E-state index in [2.05, 4.69) is 10.3 Å². The Balaban J connectivity index is 1.78. The molecule has 1 aromatic rings. The summed E-state index contributed by atoms with van der Waals surface area (Å²) in [5.41, 5.74) is 6.93. The summed E-state index contributed by atoms with van der Waals surface area (Å²) in [6.07, 6.45) is 3.84. The number of amides is 1. The topological polar surface area (TPSA) is 70.7 Å². The summed E-state index contributed by atoms with van der Waals surface area (Å²) >= 11 is 0. The molecule has 0 bridgehead atoms. The molecule has 5 heteroatoms. The average Bonchev–Trinajstić information content (AvgIpc) is 2.49. The van der Waals surface area contributed by atoms with Gasteiger partial charge < -0.3 is 16.0 Å². The molecule has 1 aliphatic rings. The van der Waals surface area contributed by atoms with Crippen LogP contribution < -0.4 is 11.1 Å². The van der Waals surface area contributed by atoms with E-state index in [9.17, 15) is 4.79 Å². The SMILES string of the molecule is CCN(Cc1ccccc1)C(=O)CN=C(N)NCC1CCC1. The summed E-state index contributed by atoms with van der Waals surface area (Å²) in [5.74, 6) is 1.09. The highest BCUT2D eigenvalue weighted by atomic mass is 16.2. The second-order valence-electron chi connectivity index (χ2n) is 5.77. The van der Waals surface area contributed by atoms with Crippen molar-refractivity contribution in [3.63, 3.8) is 0 Å². The van der Waals surface area contributed by atoms with Gasteiger partial charge >= 0.3 is 0 Å². The molecule has 3 N–H and O–H groups in total. The van der Waals surface area contributed by atoms with E-state index >= 15 is 0 Å². The lowest BCUT2D eigenvalue weighted by Gasteiger charge is -2.25. The highest BCUT2D eigenvalue weighted by Crippen LogP contribution is 2.24. The van der Waals surface area contributed by atoms with E-state index in [0.717, 1.165) is 18.0 Å². The molecule has 5 nitrogen and oxygen atoms in total. The number of benzene rings is 1. The van der Waals surface area contributed by atoms with Crippen LogP contribution in [0.3, 0.4) is 0 Å². The first kappa shape index (κ1) is 16.3. The number of hydrogen-bond acceptors (Lipinski definition) is 2. The van der Waals surface area contributed by atoms with E-state index in [1.807, 2.05) is 37.3 Å². The molecule has 1 fully saturated rings. The van der Waals surface area contributed by atoms with Crippen LogP contribution in [-0.2, 0) is 11.3 Å². The van der Waals surface area contributed by atoms with Gasteiger partial charge in [0.1, 0.15) is 6.54 Å². The lowest BCUT2D eigenvalue weighted by atomic mass is 9.85. The first-order valence-corrected chi connectivity index (χ1v) is 8.04. The fraction of sp³-hybridized carbons (Fsp3) is 0.529. The summed E-state index contributed by atoms with van der Waals surface area (Å²) in [4.78, 5) is 18.2. The Morgan fingerprint density at radius 1 is 1.36 bits per heavy atom. The maximum Gasteiger partial charge on any atom is 0.244 e. The van der Waals surface area contributed by atoms with Gasteiger partial charge in [-0.3, -0.25) is 4.79 Å². The van der Waals surface area contributed by atoms with E-state index in [-0.39, 0.29) is 12.5 Å². The Hall–Kier alpha value is -2.04. The van der Waals surface area contributed by atoms with Crippen LogP contribution in [0.25, 0.3) is 0 Å². The second kappa shape index (κ2) is 8.41. The number of nitrogens with zero attached hydrogens (tertiary/aromatic N) is 2. The molecule has 0 heterocycles. The molecule has 0 atom stereocenters. The van der Waals surface area contributed by atoms with Gasteiger partial charge in [0.2, 0.25) is 5.91 Å². The Labute approximate surface area is 132 Å². The van der Waals surface area contributed by atoms with Crippen LogP contribution >= 0.6 is 0 Å². The Bertz CT molecular complexity index is 497. The minimum atomic E-state index is -0.000234. The van der Waals surface area contributed by atoms with Gasteiger partial charge in [-0.15, -0.1) is 0 Å². The normalized spacial score (nSPS) is 15.2. The third-order valence-electron chi connectivity index (χ3n) is 4.13. The number of guanidine groups is 1. The Kier molecular flexibility index (Phi) is 6.25. The smallest absolute Gasteiger partial charge is 0.244 e. The van der Waals surface area contributed by atoms with E-state index in [0.29, 0.717) is 19.0 Å². The lowest BCUT2D eigenvalue weighted by molar-refractivity contribution is -0.130. The molecule has 0 saturated heterocycles. The molecule has 1 aliphatic carbocycles. The summed E-state index contributed by atoms with van der Waals surface area (Å²) < 4.78 is 0. The quantitative estimate of drug-likeness (QED) is 0.595. The van der Waals surface area contributed by atoms with Crippen molar-refractivity contribution in [1.82, 2.24) is 10.2 Å². The molecule has 2 rings (SSSR count). The van der Waals surface area contributed by atoms with Crippen molar-refractivity contribution in [2.75, 3.05) is 19.6 Å². The largest absolute Gasteiger partial charge is 0.370 e. The molecule has 1 saturated carbocycles. The van der Waals surface area contributed by atoms with Gasteiger partial charge in [-0.25, -0.2) is 4.99 Å². The minimum absolute atomic E-state index is 0.000234. The predicted molar refractivity (Wildman–Crippen MR) is 89.4 cm³/mol. The summed E-state index contributed by atoms with van der Waals surface area (Å²) in [6, 6.07) is 9.98. The van der Waals surface area contributed by atoms with E-state index < -0.39 is 0 Å². The summed E-state index contributed by atoms with van der Waals surface area (Å²) in [7, 11) is 0. The monoisotopic (exact) mass is 302 g/mol. The molecular weight excluding hydrogens is 276 g/mol. The molecule has 0 unspecified atom stereocenters. The van der Waals surface area contributed by atoms with Crippen LogP contribution in [0.4, 0.5) is 0 Å². The zero-order chi connectivity index (χ0) is 15.8. The minimum Gasteiger partial charge on any atom is -0.370 e. The standard InChI is InChI=1S/C17H26N4O/c1-2-21(13-15-7-4-3-5-8-15)16(22)12-20-17(18)19-11-14-9-6-10-14/h3-5,7-8,14H,2,6,9-13H2,1H3,(H3,18,19,20). The van der Waals surface area contributed by atoms with Crippen molar-refractivity contribution >= 4 is 11.9 Å². The average molecular weight is 302 g/mol. The molecule has 0 aliphatic heterocycles. The Morgan fingerprint density at radius 2 is 2.09 bits per heavy atom. The number of nitrogens with one attached hydrogen (secondary N) is 1. The fourth-order valence-corrected chi connectivity index (χ4v) is 2.43. The Morgan fingerprint density at radius 3 is 2.68 bits per heavy atom. The number of aliphatic imine (C=N–C) groups is 1. The van der Waals surface area contributed by atoms with Crippen LogP contribution in [0, 0.1) is 5.92 Å². The van der Waals surface area contributed by atoms with Gasteiger partial charge in [-0.2, -0.15) is 0 Å². The molecule has 1 aromatic carbocycles. The molecule has 0 aromatic heterocycles. The van der Waals surface area contributed by atoms with Gasteiger partial charge in [-0.1, -0.05) is 36.8 Å². The molecule has 0 spiro atoms. The number of hydrogen-bond donors (Lipinski definition) is 2. The zero-order valence-corrected chi connectivity index (χ0v) is 13.3. The molecular formula is C17H26N4O. The van der Waals surface area contributed by atoms with Crippen LogP contribution in [-0.4, -0.2) is 36.4 Å². The molecule has 1 amide bonds. The van der Waals surface area contributed by atoms with Crippen molar-refractivity contribution in [2.45, 2.75) is 32.7 Å². The fourth-order valence-electron chi connectivity index (χ4n) is 2.43. The van der Waals surface area contributed by atoms with Crippen LogP contribution in [0.15, 0.2) is 35.3 Å². The van der Waals surface area contributed by atoms with Crippen molar-refractivity contribution in [2.24, 2.45) is 16.6 Å². The molecule has 22 heavy (non-hydrogen) atoms. The number of nitrogens with two attached hydrogens (primary N) is 1. The highest BCUT2D eigenvalue weighted by molar-refractivity contribution is 5.84. The summed E-state index contributed by atoms with van der Waals surface area (Å²) in [6.45, 7) is 4.22. The van der Waals surface area contributed by atoms with Gasteiger partial charge in [0.25, 0.3) is 0 Å². The van der Waals surface area contributed by atoms with Crippen molar-refractivity contribution < 1.29 is 4.79 Å².